The van der Waals surface area contributed by atoms with E-state index >= 15 is 0 Å². The van der Waals surface area contributed by atoms with Crippen LogP contribution in [0.25, 0.3) is 0 Å². The number of phenols is 1. The minimum Gasteiger partial charge on any atom is -0.508 e. The van der Waals surface area contributed by atoms with E-state index < -0.39 is 9.84 Å². The summed E-state index contributed by atoms with van der Waals surface area (Å²) in [6, 6.07) is 11.1. The predicted molar refractivity (Wildman–Crippen MR) is 76.6 cm³/mol. The Balaban J connectivity index is 2.05. The van der Waals surface area contributed by atoms with Crippen LogP contribution in [0.3, 0.4) is 0 Å². The topological polar surface area (TPSA) is 54.4 Å². The number of hydrogen-bond acceptors (Lipinski definition) is 3. The number of rotatable bonds is 2. The Morgan fingerprint density at radius 2 is 1.40 bits per heavy atom. The zero-order valence-electron chi connectivity index (χ0n) is 11.0. The molecule has 0 radical (unpaired) electrons. The number of fused-ring (bicyclic) bond motifs is 1. The second kappa shape index (κ2) is 4.94. The van der Waals surface area contributed by atoms with E-state index in [0.29, 0.717) is 4.90 Å². The fourth-order valence-corrected chi connectivity index (χ4v) is 3.95. The molecule has 1 aliphatic carbocycles. The number of phenolic OH excluding ortho intramolecular Hbond substituents is 1. The minimum atomic E-state index is -3.50. The average Bonchev–Trinajstić information content (AvgIpc) is 2.47. The summed E-state index contributed by atoms with van der Waals surface area (Å²) in [6.07, 6.45) is 4.29. The third-order valence-corrected chi connectivity index (χ3v) is 5.54. The van der Waals surface area contributed by atoms with Crippen molar-refractivity contribution in [3.8, 4) is 5.75 Å². The minimum absolute atomic E-state index is 0.0643. The van der Waals surface area contributed by atoms with Crippen LogP contribution in [-0.4, -0.2) is 13.5 Å². The highest BCUT2D eigenvalue weighted by Crippen LogP contribution is 2.28. The van der Waals surface area contributed by atoms with Gasteiger partial charge in [0.05, 0.1) is 9.79 Å². The summed E-state index contributed by atoms with van der Waals surface area (Å²) in [7, 11) is -3.50. The summed E-state index contributed by atoms with van der Waals surface area (Å²) in [6.45, 7) is 0. The molecule has 0 saturated carbocycles. The molecule has 0 saturated heterocycles. The molecular formula is C16H16O3S. The summed E-state index contributed by atoms with van der Waals surface area (Å²) >= 11 is 0. The van der Waals surface area contributed by atoms with Crippen LogP contribution in [0.1, 0.15) is 24.0 Å². The standard InChI is InChI=1S/C16H16O3S/c17-14-6-9-15(10-7-14)20(18,19)16-8-5-12-3-1-2-4-13(12)11-16/h5-11,17H,1-4H2. The van der Waals surface area contributed by atoms with Gasteiger partial charge in [-0.1, -0.05) is 6.07 Å². The number of aromatic hydroxyl groups is 1. The summed E-state index contributed by atoms with van der Waals surface area (Å²) in [5.74, 6) is 0.0643. The maximum absolute atomic E-state index is 12.5. The van der Waals surface area contributed by atoms with Gasteiger partial charge in [0.15, 0.2) is 0 Å². The van der Waals surface area contributed by atoms with Crippen LogP contribution in [0.15, 0.2) is 52.3 Å². The van der Waals surface area contributed by atoms with Crippen molar-refractivity contribution in [1.29, 1.82) is 0 Å². The van der Waals surface area contributed by atoms with E-state index in [1.165, 1.54) is 36.2 Å². The molecule has 4 heteroatoms. The molecule has 0 aromatic heterocycles. The summed E-state index contributed by atoms with van der Waals surface area (Å²) < 4.78 is 25.1. The summed E-state index contributed by atoms with van der Waals surface area (Å²) in [5.41, 5.74) is 2.41. The van der Waals surface area contributed by atoms with Gasteiger partial charge in [-0.2, -0.15) is 0 Å². The van der Waals surface area contributed by atoms with Gasteiger partial charge >= 0.3 is 0 Å². The van der Waals surface area contributed by atoms with Crippen molar-refractivity contribution in [3.63, 3.8) is 0 Å². The SMILES string of the molecule is O=S(=O)(c1ccc(O)cc1)c1ccc2c(c1)CCCC2. The van der Waals surface area contributed by atoms with Gasteiger partial charge in [0.2, 0.25) is 9.84 Å². The van der Waals surface area contributed by atoms with Crippen LogP contribution in [0.5, 0.6) is 5.75 Å². The highest BCUT2D eigenvalue weighted by molar-refractivity contribution is 7.91. The molecule has 1 N–H and O–H groups in total. The lowest BCUT2D eigenvalue weighted by Crippen LogP contribution is -2.07. The molecule has 3 rings (SSSR count). The molecule has 1 aliphatic rings. The molecule has 20 heavy (non-hydrogen) atoms. The molecule has 0 bridgehead atoms. The lowest BCUT2D eigenvalue weighted by atomic mass is 9.92. The molecule has 0 unspecified atom stereocenters. The molecule has 3 nitrogen and oxygen atoms in total. The van der Waals surface area contributed by atoms with E-state index in [4.69, 9.17) is 0 Å². The van der Waals surface area contributed by atoms with Gasteiger partial charge in [-0.15, -0.1) is 0 Å². The molecule has 0 spiro atoms. The van der Waals surface area contributed by atoms with Crippen LogP contribution < -0.4 is 0 Å². The smallest absolute Gasteiger partial charge is 0.206 e. The monoisotopic (exact) mass is 288 g/mol. The first kappa shape index (κ1) is 13.2. The van der Waals surface area contributed by atoms with E-state index in [0.717, 1.165) is 24.8 Å². The third-order valence-electron chi connectivity index (χ3n) is 3.78. The molecule has 2 aromatic rings. The van der Waals surface area contributed by atoms with Crippen LogP contribution >= 0.6 is 0 Å². The summed E-state index contributed by atoms with van der Waals surface area (Å²) in [4.78, 5) is 0.551. The van der Waals surface area contributed by atoms with Gasteiger partial charge in [0.1, 0.15) is 5.75 Å². The number of benzene rings is 2. The Bertz CT molecular complexity index is 731. The fourth-order valence-electron chi connectivity index (χ4n) is 2.64. The normalized spacial score (nSPS) is 14.8. The van der Waals surface area contributed by atoms with Gasteiger partial charge in [0, 0.05) is 0 Å². The van der Waals surface area contributed by atoms with Gasteiger partial charge in [-0.25, -0.2) is 8.42 Å². The van der Waals surface area contributed by atoms with Crippen molar-refractivity contribution < 1.29 is 13.5 Å². The van der Waals surface area contributed by atoms with E-state index in [1.54, 1.807) is 12.1 Å². The molecule has 2 aromatic carbocycles. The van der Waals surface area contributed by atoms with E-state index in [-0.39, 0.29) is 10.6 Å². The molecule has 0 aliphatic heterocycles. The van der Waals surface area contributed by atoms with Crippen molar-refractivity contribution in [2.24, 2.45) is 0 Å². The number of hydrogen-bond donors (Lipinski definition) is 1. The maximum atomic E-state index is 12.5. The van der Waals surface area contributed by atoms with E-state index in [2.05, 4.69) is 0 Å². The van der Waals surface area contributed by atoms with Crippen molar-refractivity contribution in [1.82, 2.24) is 0 Å². The Kier molecular flexibility index (Phi) is 3.26. The van der Waals surface area contributed by atoms with Gasteiger partial charge in [0.25, 0.3) is 0 Å². The second-order valence-corrected chi connectivity index (χ2v) is 7.08. The van der Waals surface area contributed by atoms with Crippen molar-refractivity contribution in [2.45, 2.75) is 35.5 Å². The molecular weight excluding hydrogens is 272 g/mol. The van der Waals surface area contributed by atoms with Crippen molar-refractivity contribution >= 4 is 9.84 Å². The molecule has 104 valence electrons. The van der Waals surface area contributed by atoms with Crippen LogP contribution in [0.2, 0.25) is 0 Å². The second-order valence-electron chi connectivity index (χ2n) is 5.13. The Morgan fingerprint density at radius 3 is 2.10 bits per heavy atom. The summed E-state index contributed by atoms with van der Waals surface area (Å²) in [5, 5.41) is 9.26. The number of aryl methyl sites for hydroxylation is 2. The Morgan fingerprint density at radius 1 is 0.800 bits per heavy atom. The fraction of sp³-hybridized carbons (Fsp3) is 0.250. The molecule has 0 atom stereocenters. The largest absolute Gasteiger partial charge is 0.508 e. The quantitative estimate of drug-likeness (QED) is 0.924. The van der Waals surface area contributed by atoms with E-state index in [9.17, 15) is 13.5 Å². The van der Waals surface area contributed by atoms with Crippen LogP contribution in [-0.2, 0) is 22.7 Å². The lowest BCUT2D eigenvalue weighted by Gasteiger charge is -2.16. The van der Waals surface area contributed by atoms with Crippen LogP contribution in [0, 0.1) is 0 Å². The predicted octanol–water partition coefficient (Wildman–Crippen LogP) is 3.10. The Labute approximate surface area is 118 Å². The van der Waals surface area contributed by atoms with Gasteiger partial charge < -0.3 is 5.11 Å². The first-order chi connectivity index (χ1) is 9.57. The first-order valence-corrected chi connectivity index (χ1v) is 8.21. The molecule has 0 heterocycles. The lowest BCUT2D eigenvalue weighted by molar-refractivity contribution is 0.475. The highest BCUT2D eigenvalue weighted by atomic mass is 32.2. The van der Waals surface area contributed by atoms with Crippen molar-refractivity contribution in [2.75, 3.05) is 0 Å². The van der Waals surface area contributed by atoms with E-state index in [1.807, 2.05) is 6.07 Å². The third kappa shape index (κ3) is 2.31. The van der Waals surface area contributed by atoms with Crippen LogP contribution in [0.4, 0.5) is 0 Å². The maximum Gasteiger partial charge on any atom is 0.206 e. The molecule has 0 fully saturated rings. The number of sulfone groups is 1. The zero-order chi connectivity index (χ0) is 14.2. The molecule has 0 amide bonds. The first-order valence-electron chi connectivity index (χ1n) is 6.73. The Hall–Kier alpha value is -1.81. The van der Waals surface area contributed by atoms with Gasteiger partial charge in [-0.05, 0) is 73.2 Å². The zero-order valence-corrected chi connectivity index (χ0v) is 11.9. The van der Waals surface area contributed by atoms with Crippen molar-refractivity contribution in [3.05, 3.63) is 53.6 Å². The highest BCUT2D eigenvalue weighted by Gasteiger charge is 2.20. The average molecular weight is 288 g/mol. The van der Waals surface area contributed by atoms with Gasteiger partial charge in [-0.3, -0.25) is 0 Å².